The Morgan fingerprint density at radius 3 is 2.09 bits per heavy atom. The maximum absolute atomic E-state index is 12.4. The molecule has 0 saturated heterocycles. The molecule has 1 heterocycles. The normalized spacial score (nSPS) is 12.3. The van der Waals surface area contributed by atoms with Crippen molar-refractivity contribution in [3.8, 4) is 0 Å². The van der Waals surface area contributed by atoms with E-state index in [9.17, 15) is 16.8 Å². The van der Waals surface area contributed by atoms with E-state index in [0.29, 0.717) is 5.69 Å². The standard InChI is InChI=1S/C14H17NO4S3/c1-4-21(16,17)13-7-5-12(6-8-13)15-22(18,19)14-9-10(2)20-11(14)3/h5-9,15H,4H2,1-3H3. The van der Waals surface area contributed by atoms with Crippen LogP contribution < -0.4 is 4.72 Å². The van der Waals surface area contributed by atoms with Gasteiger partial charge in [0.1, 0.15) is 4.90 Å². The van der Waals surface area contributed by atoms with Crippen LogP contribution in [-0.4, -0.2) is 22.6 Å². The summed E-state index contributed by atoms with van der Waals surface area (Å²) >= 11 is 1.42. The summed E-state index contributed by atoms with van der Waals surface area (Å²) in [7, 11) is -6.96. The molecule has 0 amide bonds. The van der Waals surface area contributed by atoms with Gasteiger partial charge in [0.25, 0.3) is 10.0 Å². The zero-order chi connectivity index (χ0) is 16.5. The molecule has 2 aromatic rings. The molecule has 0 fully saturated rings. The van der Waals surface area contributed by atoms with Crippen molar-refractivity contribution in [2.45, 2.75) is 30.6 Å². The molecule has 0 bridgehead atoms. The fourth-order valence-corrected chi connectivity index (χ4v) is 5.48. The van der Waals surface area contributed by atoms with E-state index < -0.39 is 19.9 Å². The Bertz CT molecular complexity index is 879. The lowest BCUT2D eigenvalue weighted by Gasteiger charge is -2.08. The van der Waals surface area contributed by atoms with Crippen molar-refractivity contribution < 1.29 is 16.8 Å². The van der Waals surface area contributed by atoms with Crippen molar-refractivity contribution in [2.24, 2.45) is 0 Å². The fraction of sp³-hybridized carbons (Fsp3) is 0.286. The monoisotopic (exact) mass is 359 g/mol. The first-order valence-corrected chi connectivity index (χ1v) is 10.5. The van der Waals surface area contributed by atoms with E-state index in [1.54, 1.807) is 19.9 Å². The SMILES string of the molecule is CCS(=O)(=O)c1ccc(NS(=O)(=O)c2cc(C)sc2C)cc1. The van der Waals surface area contributed by atoms with E-state index >= 15 is 0 Å². The minimum absolute atomic E-state index is 0.00541. The maximum atomic E-state index is 12.4. The topological polar surface area (TPSA) is 80.3 Å². The predicted octanol–water partition coefficient (Wildman–Crippen LogP) is 2.96. The molecule has 2 rings (SSSR count). The Hall–Kier alpha value is -1.38. The second-order valence-corrected chi connectivity index (χ2v) is 10.2. The third kappa shape index (κ3) is 3.50. The van der Waals surface area contributed by atoms with Gasteiger partial charge in [-0.05, 0) is 44.2 Å². The molecule has 0 saturated carbocycles. The van der Waals surface area contributed by atoms with Crippen molar-refractivity contribution in [3.05, 3.63) is 40.1 Å². The highest BCUT2D eigenvalue weighted by molar-refractivity contribution is 7.93. The van der Waals surface area contributed by atoms with Crippen molar-refractivity contribution in [3.63, 3.8) is 0 Å². The zero-order valence-electron chi connectivity index (χ0n) is 12.5. The van der Waals surface area contributed by atoms with Crippen LogP contribution in [0.2, 0.25) is 0 Å². The lowest BCUT2D eigenvalue weighted by atomic mass is 10.3. The molecular weight excluding hydrogens is 342 g/mol. The molecule has 1 N–H and O–H groups in total. The molecule has 0 spiro atoms. The molecule has 8 heteroatoms. The molecular formula is C14H17NO4S3. The quantitative estimate of drug-likeness (QED) is 0.890. The summed E-state index contributed by atoms with van der Waals surface area (Å²) in [5.41, 5.74) is 0.332. The minimum Gasteiger partial charge on any atom is -0.280 e. The van der Waals surface area contributed by atoms with Gasteiger partial charge in [-0.3, -0.25) is 4.72 Å². The summed E-state index contributed by atoms with van der Waals surface area (Å²) in [5, 5.41) is 0. The van der Waals surface area contributed by atoms with E-state index in [0.717, 1.165) is 9.75 Å². The molecule has 1 aromatic heterocycles. The van der Waals surface area contributed by atoms with Gasteiger partial charge in [-0.1, -0.05) is 6.92 Å². The maximum Gasteiger partial charge on any atom is 0.262 e. The Morgan fingerprint density at radius 2 is 1.64 bits per heavy atom. The summed E-state index contributed by atoms with van der Waals surface area (Å²) in [4.78, 5) is 2.07. The molecule has 22 heavy (non-hydrogen) atoms. The van der Waals surface area contributed by atoms with Crippen molar-refractivity contribution in [1.29, 1.82) is 0 Å². The zero-order valence-corrected chi connectivity index (χ0v) is 14.9. The predicted molar refractivity (Wildman–Crippen MR) is 88.8 cm³/mol. The van der Waals surface area contributed by atoms with Gasteiger partial charge in [0.05, 0.1) is 10.6 Å². The minimum atomic E-state index is -3.67. The van der Waals surface area contributed by atoms with Crippen LogP contribution in [0.15, 0.2) is 40.1 Å². The number of sulfonamides is 1. The highest BCUT2D eigenvalue weighted by Gasteiger charge is 2.19. The second kappa shape index (κ2) is 6.02. The number of rotatable bonds is 5. The fourth-order valence-electron chi connectivity index (χ4n) is 1.98. The molecule has 0 atom stereocenters. The molecule has 0 aliphatic carbocycles. The summed E-state index contributed by atoms with van der Waals surface area (Å²) in [6.45, 7) is 5.16. The molecule has 0 aliphatic heterocycles. The summed E-state index contributed by atoms with van der Waals surface area (Å²) < 4.78 is 50.6. The summed E-state index contributed by atoms with van der Waals surface area (Å²) in [5.74, 6) is 0.00541. The second-order valence-electron chi connectivity index (χ2n) is 4.81. The highest BCUT2D eigenvalue weighted by atomic mass is 32.2. The highest BCUT2D eigenvalue weighted by Crippen LogP contribution is 2.27. The van der Waals surface area contributed by atoms with Crippen LogP contribution in [0.1, 0.15) is 16.7 Å². The lowest BCUT2D eigenvalue weighted by molar-refractivity contribution is 0.597. The largest absolute Gasteiger partial charge is 0.280 e. The molecule has 1 aromatic carbocycles. The summed E-state index contributed by atoms with van der Waals surface area (Å²) in [6, 6.07) is 7.34. The number of hydrogen-bond donors (Lipinski definition) is 1. The third-order valence-corrected chi connectivity index (χ3v) is 7.48. The number of thiophene rings is 1. The number of hydrogen-bond acceptors (Lipinski definition) is 5. The first-order chi connectivity index (χ1) is 10.2. The number of benzene rings is 1. The molecule has 0 radical (unpaired) electrons. The summed E-state index contributed by atoms with van der Waals surface area (Å²) in [6.07, 6.45) is 0. The average molecular weight is 359 g/mol. The van der Waals surface area contributed by atoms with Crippen LogP contribution in [-0.2, 0) is 19.9 Å². The van der Waals surface area contributed by atoms with E-state index in [1.165, 1.54) is 35.6 Å². The first kappa shape index (κ1) is 17.0. The van der Waals surface area contributed by atoms with Gasteiger partial charge in [-0.25, -0.2) is 16.8 Å². The number of sulfone groups is 1. The smallest absolute Gasteiger partial charge is 0.262 e. The number of aryl methyl sites for hydroxylation is 2. The van der Waals surface area contributed by atoms with Gasteiger partial charge in [0.2, 0.25) is 0 Å². The van der Waals surface area contributed by atoms with Crippen molar-refractivity contribution in [2.75, 3.05) is 10.5 Å². The van der Waals surface area contributed by atoms with E-state index in [1.807, 2.05) is 6.92 Å². The third-order valence-electron chi connectivity index (χ3n) is 3.13. The molecule has 0 aliphatic rings. The van der Waals surface area contributed by atoms with Gasteiger partial charge in [-0.15, -0.1) is 11.3 Å². The Morgan fingerprint density at radius 1 is 1.05 bits per heavy atom. The number of anilines is 1. The van der Waals surface area contributed by atoms with Gasteiger partial charge >= 0.3 is 0 Å². The van der Waals surface area contributed by atoms with Crippen LogP contribution >= 0.6 is 11.3 Å². The van der Waals surface area contributed by atoms with Gasteiger partial charge in [-0.2, -0.15) is 0 Å². The molecule has 0 unspecified atom stereocenters. The average Bonchev–Trinajstić information content (AvgIpc) is 2.79. The number of nitrogens with one attached hydrogen (secondary N) is 1. The lowest BCUT2D eigenvalue weighted by Crippen LogP contribution is -2.13. The van der Waals surface area contributed by atoms with Gasteiger partial charge in [0.15, 0.2) is 9.84 Å². The van der Waals surface area contributed by atoms with Crippen LogP contribution in [0, 0.1) is 13.8 Å². The van der Waals surface area contributed by atoms with E-state index in [4.69, 9.17) is 0 Å². The van der Waals surface area contributed by atoms with Crippen LogP contribution in [0.4, 0.5) is 5.69 Å². The Labute approximate surface area is 135 Å². The van der Waals surface area contributed by atoms with E-state index in [-0.39, 0.29) is 15.5 Å². The van der Waals surface area contributed by atoms with Crippen LogP contribution in [0.25, 0.3) is 0 Å². The van der Waals surface area contributed by atoms with Crippen molar-refractivity contribution in [1.82, 2.24) is 0 Å². The Balaban J connectivity index is 2.29. The Kier molecular flexibility index (Phi) is 4.65. The van der Waals surface area contributed by atoms with Gasteiger partial charge in [0, 0.05) is 15.4 Å². The van der Waals surface area contributed by atoms with Crippen molar-refractivity contribution >= 4 is 36.9 Å². The van der Waals surface area contributed by atoms with Crippen LogP contribution in [0.3, 0.4) is 0 Å². The molecule has 120 valence electrons. The van der Waals surface area contributed by atoms with E-state index in [2.05, 4.69) is 4.72 Å². The molecule has 5 nitrogen and oxygen atoms in total. The van der Waals surface area contributed by atoms with Gasteiger partial charge < -0.3 is 0 Å². The van der Waals surface area contributed by atoms with Crippen LogP contribution in [0.5, 0.6) is 0 Å². The first-order valence-electron chi connectivity index (χ1n) is 6.58.